The van der Waals surface area contributed by atoms with Gasteiger partial charge in [-0.3, -0.25) is 0 Å². The Morgan fingerprint density at radius 2 is 1.30 bits per heavy atom. The minimum atomic E-state index is -2.29. The molecule has 2 aromatic carbocycles. The standard InChI is InChI=1S/C23H27FNO2.C2H6.BrH/c1-25(2)19-13-14-20(25)16-21(15-19)27-22(26)23(24,17-9-5-3-6-10-17)18-11-7-4-8-12-18;1-2;/h3-12,19-21H,13-16H2,1-2H3;1-2H3;1H/q+1;;/p-1/t19-,20?,21?;;/m1../s1. The number of hydrogen-bond acceptors (Lipinski definition) is 2. The Labute approximate surface area is 190 Å². The lowest BCUT2D eigenvalue weighted by Crippen LogP contribution is -3.00. The highest BCUT2D eigenvalue weighted by Gasteiger charge is 2.52. The molecule has 3 nitrogen and oxygen atoms in total. The van der Waals surface area contributed by atoms with Gasteiger partial charge >= 0.3 is 5.97 Å². The fourth-order valence-corrected chi connectivity index (χ4v) is 4.90. The third-order valence-corrected chi connectivity index (χ3v) is 6.68. The van der Waals surface area contributed by atoms with Crippen molar-refractivity contribution >= 4 is 5.97 Å². The van der Waals surface area contributed by atoms with E-state index in [1.807, 2.05) is 26.0 Å². The predicted octanol–water partition coefficient (Wildman–Crippen LogP) is 2.24. The first kappa shape index (κ1) is 24.5. The second kappa shape index (κ2) is 10.1. The summed E-state index contributed by atoms with van der Waals surface area (Å²) in [6.45, 7) is 4.00. The highest BCUT2D eigenvalue weighted by Crippen LogP contribution is 2.42. The molecule has 5 heteroatoms. The van der Waals surface area contributed by atoms with Gasteiger partial charge in [0.2, 0.25) is 0 Å². The van der Waals surface area contributed by atoms with Gasteiger partial charge in [0.1, 0.15) is 6.10 Å². The number of piperidine rings is 1. The van der Waals surface area contributed by atoms with Crippen LogP contribution in [0.15, 0.2) is 60.7 Å². The van der Waals surface area contributed by atoms with Gasteiger partial charge in [-0.15, -0.1) is 0 Å². The molecule has 2 aliphatic rings. The Kier molecular flexibility index (Phi) is 8.23. The van der Waals surface area contributed by atoms with Gasteiger partial charge in [0.25, 0.3) is 5.67 Å². The summed E-state index contributed by atoms with van der Waals surface area (Å²) in [5, 5.41) is 0. The number of carbonyl (C=O) groups is 1. The number of benzene rings is 2. The van der Waals surface area contributed by atoms with Crippen LogP contribution in [0, 0.1) is 0 Å². The van der Waals surface area contributed by atoms with E-state index in [2.05, 4.69) is 14.1 Å². The van der Waals surface area contributed by atoms with Crippen LogP contribution in [-0.4, -0.2) is 42.7 Å². The molecule has 30 heavy (non-hydrogen) atoms. The maximum Gasteiger partial charge on any atom is 0.353 e. The van der Waals surface area contributed by atoms with E-state index >= 15 is 4.39 Å². The maximum absolute atomic E-state index is 16.3. The molecule has 2 fully saturated rings. The van der Waals surface area contributed by atoms with Gasteiger partial charge in [-0.1, -0.05) is 74.5 Å². The number of hydrogen-bond donors (Lipinski definition) is 0. The van der Waals surface area contributed by atoms with E-state index in [-0.39, 0.29) is 23.1 Å². The van der Waals surface area contributed by atoms with Gasteiger partial charge in [0.05, 0.1) is 26.2 Å². The van der Waals surface area contributed by atoms with E-state index in [0.717, 1.165) is 30.2 Å². The van der Waals surface area contributed by atoms with Crippen LogP contribution in [0.3, 0.4) is 0 Å². The lowest BCUT2D eigenvalue weighted by molar-refractivity contribution is -0.931. The van der Waals surface area contributed by atoms with Gasteiger partial charge in [-0.05, 0) is 0 Å². The summed E-state index contributed by atoms with van der Waals surface area (Å²) in [4.78, 5) is 13.1. The smallest absolute Gasteiger partial charge is 0.353 e. The molecule has 0 saturated carbocycles. The van der Waals surface area contributed by atoms with Crippen molar-refractivity contribution < 1.29 is 35.4 Å². The first-order valence-corrected chi connectivity index (χ1v) is 10.8. The van der Waals surface area contributed by atoms with E-state index in [1.165, 1.54) is 0 Å². The zero-order chi connectivity index (χ0) is 21.1. The van der Waals surface area contributed by atoms with Crippen molar-refractivity contribution in [2.24, 2.45) is 0 Å². The van der Waals surface area contributed by atoms with Crippen LogP contribution in [0.4, 0.5) is 4.39 Å². The summed E-state index contributed by atoms with van der Waals surface area (Å²) in [5.74, 6) is -0.795. The van der Waals surface area contributed by atoms with E-state index in [0.29, 0.717) is 23.2 Å². The number of rotatable bonds is 4. The maximum atomic E-state index is 16.3. The first-order chi connectivity index (χ1) is 13.9. The Hall–Kier alpha value is -1.72. The molecule has 0 spiro atoms. The second-order valence-corrected chi connectivity index (χ2v) is 8.40. The van der Waals surface area contributed by atoms with Crippen LogP contribution in [0.25, 0.3) is 0 Å². The average molecular weight is 478 g/mol. The lowest BCUT2D eigenvalue weighted by atomic mass is 9.88. The van der Waals surface area contributed by atoms with Gasteiger partial charge in [0.15, 0.2) is 0 Å². The second-order valence-electron chi connectivity index (χ2n) is 8.40. The Balaban J connectivity index is 0.00000104. The molecule has 2 aromatic rings. The van der Waals surface area contributed by atoms with Crippen molar-refractivity contribution in [1.29, 1.82) is 0 Å². The van der Waals surface area contributed by atoms with Crippen molar-refractivity contribution in [3.05, 3.63) is 71.8 Å². The van der Waals surface area contributed by atoms with E-state index in [1.54, 1.807) is 48.5 Å². The highest BCUT2D eigenvalue weighted by atomic mass is 79.9. The molecule has 3 atom stereocenters. The molecule has 2 heterocycles. The predicted molar refractivity (Wildman–Crippen MR) is 114 cm³/mol. The molecule has 2 aliphatic heterocycles. The molecule has 4 rings (SSSR count). The summed E-state index contributed by atoms with van der Waals surface area (Å²) in [6, 6.07) is 18.2. The van der Waals surface area contributed by atoms with Crippen LogP contribution in [0.2, 0.25) is 0 Å². The number of nitrogens with zero attached hydrogens (tertiary/aromatic N) is 1. The highest BCUT2D eigenvalue weighted by molar-refractivity contribution is 5.85. The third kappa shape index (κ3) is 4.47. The topological polar surface area (TPSA) is 26.3 Å². The van der Waals surface area contributed by atoms with Crippen LogP contribution in [0.1, 0.15) is 50.7 Å². The lowest BCUT2D eigenvalue weighted by Gasteiger charge is -2.44. The van der Waals surface area contributed by atoms with Gasteiger partial charge in [0, 0.05) is 36.8 Å². The van der Waals surface area contributed by atoms with Crippen molar-refractivity contribution in [3.63, 3.8) is 0 Å². The summed E-state index contributed by atoms with van der Waals surface area (Å²) in [7, 11) is 4.52. The van der Waals surface area contributed by atoms with Crippen LogP contribution < -0.4 is 17.0 Å². The Morgan fingerprint density at radius 3 is 1.70 bits per heavy atom. The van der Waals surface area contributed by atoms with Gasteiger partial charge in [-0.2, -0.15) is 0 Å². The SMILES string of the molecule is CC.C[N+]1(C)C2CC[C@@H]1CC(OC(=O)C(F)(c1ccccc1)c1ccccc1)C2.[Br-]. The molecule has 0 aromatic heterocycles. The minimum Gasteiger partial charge on any atom is -1.00 e. The number of fused-ring (bicyclic) bond motifs is 2. The fourth-order valence-electron chi connectivity index (χ4n) is 4.90. The van der Waals surface area contributed by atoms with Crippen molar-refractivity contribution in [2.45, 2.75) is 63.4 Å². The van der Waals surface area contributed by atoms with Crippen LogP contribution in [0.5, 0.6) is 0 Å². The number of alkyl halides is 1. The largest absolute Gasteiger partial charge is 1.00 e. The zero-order valence-electron chi connectivity index (χ0n) is 18.4. The number of ether oxygens (including phenoxy) is 1. The number of esters is 1. The molecule has 0 amide bonds. The quantitative estimate of drug-likeness (QED) is 0.498. The molecule has 0 aliphatic carbocycles. The van der Waals surface area contributed by atoms with E-state index in [9.17, 15) is 4.79 Å². The molecule has 0 N–H and O–H groups in total. The molecular weight excluding hydrogens is 445 g/mol. The van der Waals surface area contributed by atoms with Crippen molar-refractivity contribution in [3.8, 4) is 0 Å². The van der Waals surface area contributed by atoms with Gasteiger partial charge < -0.3 is 26.2 Å². The third-order valence-electron chi connectivity index (χ3n) is 6.68. The van der Waals surface area contributed by atoms with Crippen LogP contribution in [-0.2, 0) is 15.2 Å². The normalized spacial score (nSPS) is 24.1. The molecule has 2 saturated heterocycles. The number of halogens is 2. The molecule has 2 unspecified atom stereocenters. The van der Waals surface area contributed by atoms with Gasteiger partial charge in [-0.25, -0.2) is 9.18 Å². The van der Waals surface area contributed by atoms with E-state index < -0.39 is 11.6 Å². The first-order valence-electron chi connectivity index (χ1n) is 10.8. The number of quaternary nitrogens is 1. The Morgan fingerprint density at radius 1 is 0.900 bits per heavy atom. The molecule has 164 valence electrons. The summed E-state index contributed by atoms with van der Waals surface area (Å²) >= 11 is 0. The summed E-state index contributed by atoms with van der Waals surface area (Å²) in [6.07, 6.45) is 3.74. The molecular formula is C25H33BrFNO2. The van der Waals surface area contributed by atoms with Crippen molar-refractivity contribution in [1.82, 2.24) is 0 Å². The Bertz CT molecular complexity index is 757. The summed E-state index contributed by atoms with van der Waals surface area (Å²) in [5.41, 5.74) is -1.66. The van der Waals surface area contributed by atoms with Crippen LogP contribution >= 0.6 is 0 Å². The molecule has 0 radical (unpaired) electrons. The minimum absolute atomic E-state index is 0. The monoisotopic (exact) mass is 477 g/mol. The van der Waals surface area contributed by atoms with E-state index in [4.69, 9.17) is 4.74 Å². The fraction of sp³-hybridized carbons (Fsp3) is 0.480. The zero-order valence-corrected chi connectivity index (χ0v) is 19.9. The molecule has 2 bridgehead atoms. The van der Waals surface area contributed by atoms with Crippen molar-refractivity contribution in [2.75, 3.05) is 14.1 Å². The number of carbonyl (C=O) groups excluding carboxylic acids is 1. The average Bonchev–Trinajstić information content (AvgIpc) is 2.91. The summed E-state index contributed by atoms with van der Waals surface area (Å²) < 4.78 is 23.1.